The Kier molecular flexibility index (Phi) is 5.52. The molecule has 1 aromatic carbocycles. The van der Waals surface area contributed by atoms with Crippen LogP contribution >= 0.6 is 0 Å². The number of carbonyl (C=O) groups excluding carboxylic acids is 3. The Hall–Kier alpha value is -2.57. The summed E-state index contributed by atoms with van der Waals surface area (Å²) in [5.74, 6) is -1.49. The fourth-order valence-corrected chi connectivity index (χ4v) is 1.28. The van der Waals surface area contributed by atoms with Crippen molar-refractivity contribution in [3.05, 3.63) is 30.3 Å². The smallest absolute Gasteiger partial charge is 0.329 e. The largest absolute Gasteiger partial charge is 0.451 e. The third kappa shape index (κ3) is 4.97. The van der Waals surface area contributed by atoms with Crippen LogP contribution in [-0.2, 0) is 14.3 Å². The van der Waals surface area contributed by atoms with Crippen LogP contribution in [0.25, 0.3) is 0 Å². The van der Waals surface area contributed by atoms with E-state index in [9.17, 15) is 14.4 Å². The van der Waals surface area contributed by atoms with Gasteiger partial charge in [0.15, 0.2) is 6.10 Å². The van der Waals surface area contributed by atoms with E-state index < -0.39 is 30.1 Å². The van der Waals surface area contributed by atoms with Crippen molar-refractivity contribution < 1.29 is 19.1 Å². The first-order valence-corrected chi connectivity index (χ1v) is 6.02. The molecule has 0 aliphatic heterocycles. The number of carbonyl (C=O) groups is 3. The van der Waals surface area contributed by atoms with Gasteiger partial charge in [0.2, 0.25) is 0 Å². The van der Waals surface area contributed by atoms with E-state index in [-0.39, 0.29) is 0 Å². The maximum Gasteiger partial charge on any atom is 0.329 e. The lowest BCUT2D eigenvalue weighted by Gasteiger charge is -2.16. The molecular formula is C13H17N3O4. The normalized spacial score (nSPS) is 12.9. The number of esters is 1. The lowest BCUT2D eigenvalue weighted by atomic mass is 10.3. The molecule has 0 unspecified atom stereocenters. The van der Waals surface area contributed by atoms with Crippen LogP contribution < -0.4 is 16.4 Å². The molecule has 1 rings (SSSR count). The molecule has 0 saturated heterocycles. The number of para-hydroxylation sites is 1. The van der Waals surface area contributed by atoms with Gasteiger partial charge in [-0.3, -0.25) is 4.79 Å². The van der Waals surface area contributed by atoms with Crippen molar-refractivity contribution >= 4 is 23.6 Å². The van der Waals surface area contributed by atoms with E-state index in [0.717, 1.165) is 0 Å². The highest BCUT2D eigenvalue weighted by Crippen LogP contribution is 2.04. The average molecular weight is 279 g/mol. The van der Waals surface area contributed by atoms with Gasteiger partial charge < -0.3 is 21.1 Å². The highest BCUT2D eigenvalue weighted by Gasteiger charge is 2.21. The topological polar surface area (TPSA) is 111 Å². The standard InChI is InChI=1S/C13H17N3O4/c1-8(12(18)20-9(2)11(14)17)15-13(19)16-10-6-4-3-5-7-10/h3-9H,1-2H3,(H2,14,17)(H2,15,16,19)/t8-,9-/m0/s1. The minimum atomic E-state index is -1.04. The van der Waals surface area contributed by atoms with Gasteiger partial charge in [0.1, 0.15) is 6.04 Å². The summed E-state index contributed by atoms with van der Waals surface area (Å²) in [6, 6.07) is 7.31. The summed E-state index contributed by atoms with van der Waals surface area (Å²) in [6.45, 7) is 2.80. The molecule has 0 fully saturated rings. The second kappa shape index (κ2) is 7.13. The summed E-state index contributed by atoms with van der Waals surface area (Å²) in [7, 11) is 0. The maximum absolute atomic E-state index is 11.6. The van der Waals surface area contributed by atoms with Crippen LogP contribution in [0.5, 0.6) is 0 Å². The molecular weight excluding hydrogens is 262 g/mol. The second-order valence-corrected chi connectivity index (χ2v) is 4.17. The second-order valence-electron chi connectivity index (χ2n) is 4.17. The van der Waals surface area contributed by atoms with Crippen LogP contribution in [-0.4, -0.2) is 30.1 Å². The van der Waals surface area contributed by atoms with Crippen molar-refractivity contribution in [2.45, 2.75) is 26.0 Å². The zero-order chi connectivity index (χ0) is 15.1. The molecule has 7 nitrogen and oxygen atoms in total. The van der Waals surface area contributed by atoms with Crippen molar-refractivity contribution in [1.82, 2.24) is 5.32 Å². The molecule has 0 aliphatic carbocycles. The molecule has 0 heterocycles. The summed E-state index contributed by atoms with van der Waals surface area (Å²) in [6.07, 6.45) is -1.04. The number of rotatable bonds is 5. The predicted octanol–water partition coefficient (Wildman–Crippen LogP) is 0.614. The number of ether oxygens (including phenoxy) is 1. The Morgan fingerprint density at radius 2 is 1.75 bits per heavy atom. The molecule has 0 spiro atoms. The Morgan fingerprint density at radius 3 is 2.30 bits per heavy atom. The molecule has 0 aliphatic rings. The first-order valence-electron chi connectivity index (χ1n) is 6.02. The molecule has 0 radical (unpaired) electrons. The number of nitrogens with one attached hydrogen (secondary N) is 2. The van der Waals surface area contributed by atoms with E-state index in [2.05, 4.69) is 10.6 Å². The van der Waals surface area contributed by atoms with Crippen molar-refractivity contribution in [2.24, 2.45) is 5.73 Å². The van der Waals surface area contributed by atoms with Gasteiger partial charge in [-0.2, -0.15) is 0 Å². The van der Waals surface area contributed by atoms with E-state index in [0.29, 0.717) is 5.69 Å². The van der Waals surface area contributed by atoms with Gasteiger partial charge in [0.25, 0.3) is 5.91 Å². The van der Waals surface area contributed by atoms with Gasteiger partial charge in [-0.25, -0.2) is 9.59 Å². The zero-order valence-corrected chi connectivity index (χ0v) is 11.3. The molecule has 108 valence electrons. The average Bonchev–Trinajstić information content (AvgIpc) is 2.39. The van der Waals surface area contributed by atoms with Gasteiger partial charge in [-0.1, -0.05) is 18.2 Å². The lowest BCUT2D eigenvalue weighted by Crippen LogP contribution is -2.44. The van der Waals surface area contributed by atoms with E-state index in [1.165, 1.54) is 13.8 Å². The molecule has 1 aromatic rings. The number of nitrogens with two attached hydrogens (primary N) is 1. The third-order valence-electron chi connectivity index (χ3n) is 2.43. The Balaban J connectivity index is 2.45. The van der Waals surface area contributed by atoms with Gasteiger partial charge in [0, 0.05) is 5.69 Å². The first kappa shape index (κ1) is 15.5. The number of amides is 3. The molecule has 2 atom stereocenters. The Bertz CT molecular complexity index is 490. The van der Waals surface area contributed by atoms with Crippen LogP contribution in [0.1, 0.15) is 13.8 Å². The molecule has 20 heavy (non-hydrogen) atoms. The molecule has 7 heteroatoms. The van der Waals surface area contributed by atoms with Gasteiger partial charge in [-0.05, 0) is 26.0 Å². The fourth-order valence-electron chi connectivity index (χ4n) is 1.28. The molecule has 0 aromatic heterocycles. The van der Waals surface area contributed by atoms with E-state index in [4.69, 9.17) is 10.5 Å². The van der Waals surface area contributed by atoms with Crippen LogP contribution in [0.4, 0.5) is 10.5 Å². The van der Waals surface area contributed by atoms with Crippen molar-refractivity contribution in [3.63, 3.8) is 0 Å². The van der Waals surface area contributed by atoms with E-state index in [1.807, 2.05) is 6.07 Å². The number of hydrogen-bond donors (Lipinski definition) is 3. The predicted molar refractivity (Wildman–Crippen MR) is 72.8 cm³/mol. The number of primary amides is 1. The van der Waals surface area contributed by atoms with Gasteiger partial charge >= 0.3 is 12.0 Å². The summed E-state index contributed by atoms with van der Waals surface area (Å²) in [5.41, 5.74) is 5.57. The van der Waals surface area contributed by atoms with Crippen molar-refractivity contribution in [2.75, 3.05) is 5.32 Å². The lowest BCUT2D eigenvalue weighted by molar-refractivity contribution is -0.155. The zero-order valence-electron chi connectivity index (χ0n) is 11.3. The Morgan fingerprint density at radius 1 is 1.15 bits per heavy atom. The van der Waals surface area contributed by atoms with Gasteiger partial charge in [0.05, 0.1) is 0 Å². The summed E-state index contributed by atoms with van der Waals surface area (Å²) < 4.78 is 4.77. The fraction of sp³-hybridized carbons (Fsp3) is 0.308. The minimum absolute atomic E-state index is 0.549. The van der Waals surface area contributed by atoms with Crippen molar-refractivity contribution in [3.8, 4) is 0 Å². The maximum atomic E-state index is 11.6. The number of hydrogen-bond acceptors (Lipinski definition) is 4. The number of benzene rings is 1. The van der Waals surface area contributed by atoms with Crippen LogP contribution in [0.2, 0.25) is 0 Å². The SMILES string of the molecule is C[C@H](NC(=O)Nc1ccccc1)C(=O)O[C@@H](C)C(N)=O. The Labute approximate surface area is 116 Å². The van der Waals surface area contributed by atoms with E-state index >= 15 is 0 Å². The van der Waals surface area contributed by atoms with Crippen LogP contribution in [0.3, 0.4) is 0 Å². The van der Waals surface area contributed by atoms with Crippen LogP contribution in [0, 0.1) is 0 Å². The summed E-state index contributed by atoms with van der Waals surface area (Å²) in [4.78, 5) is 34.0. The molecule has 3 amide bonds. The minimum Gasteiger partial charge on any atom is -0.451 e. The van der Waals surface area contributed by atoms with Gasteiger partial charge in [-0.15, -0.1) is 0 Å². The molecule has 0 saturated carbocycles. The first-order chi connectivity index (χ1) is 9.40. The number of anilines is 1. The van der Waals surface area contributed by atoms with Crippen LogP contribution in [0.15, 0.2) is 30.3 Å². The monoisotopic (exact) mass is 279 g/mol. The highest BCUT2D eigenvalue weighted by molar-refractivity contribution is 5.92. The highest BCUT2D eigenvalue weighted by atomic mass is 16.5. The quantitative estimate of drug-likeness (QED) is 0.686. The number of urea groups is 1. The summed E-state index contributed by atoms with van der Waals surface area (Å²) in [5, 5.41) is 4.95. The van der Waals surface area contributed by atoms with Crippen molar-refractivity contribution in [1.29, 1.82) is 0 Å². The summed E-state index contributed by atoms with van der Waals surface area (Å²) >= 11 is 0. The van der Waals surface area contributed by atoms with E-state index in [1.54, 1.807) is 24.3 Å². The molecule has 4 N–H and O–H groups in total. The third-order valence-corrected chi connectivity index (χ3v) is 2.43. The molecule has 0 bridgehead atoms.